The summed E-state index contributed by atoms with van der Waals surface area (Å²) in [5.41, 5.74) is 0. The maximum absolute atomic E-state index is 9.74. The second kappa shape index (κ2) is 5.64. The Morgan fingerprint density at radius 1 is 1.00 bits per heavy atom. The van der Waals surface area contributed by atoms with Gasteiger partial charge in [-0.3, -0.25) is 0 Å². The van der Waals surface area contributed by atoms with Gasteiger partial charge in [-0.05, 0) is 12.1 Å². The Bertz CT molecular complexity index is 368. The second-order valence-corrected chi connectivity index (χ2v) is 4.13. The topological polar surface area (TPSA) is 99.4 Å². The minimum absolute atomic E-state index is 0.460. The van der Waals surface area contributed by atoms with Crippen LogP contribution in [0.1, 0.15) is 0 Å². The van der Waals surface area contributed by atoms with Crippen LogP contribution in [-0.2, 0) is 4.74 Å². The molecule has 1 aliphatic heterocycles. The van der Waals surface area contributed by atoms with E-state index in [9.17, 15) is 15.3 Å². The Labute approximate surface area is 104 Å². The lowest BCUT2D eigenvalue weighted by atomic mass is 9.99. The van der Waals surface area contributed by atoms with Gasteiger partial charge < -0.3 is 29.9 Å². The van der Waals surface area contributed by atoms with Crippen LogP contribution in [0.4, 0.5) is 0 Å². The molecular formula is C12H16O6. The van der Waals surface area contributed by atoms with Crippen molar-refractivity contribution in [1.82, 2.24) is 0 Å². The van der Waals surface area contributed by atoms with Crippen molar-refractivity contribution in [3.63, 3.8) is 0 Å². The van der Waals surface area contributed by atoms with E-state index in [4.69, 9.17) is 14.6 Å². The molecule has 0 amide bonds. The predicted octanol–water partition coefficient (Wildman–Crippen LogP) is -1.13. The highest BCUT2D eigenvalue weighted by atomic mass is 16.7. The van der Waals surface area contributed by atoms with E-state index in [0.717, 1.165) is 0 Å². The first kappa shape index (κ1) is 13.3. The summed E-state index contributed by atoms with van der Waals surface area (Å²) < 4.78 is 10.6. The van der Waals surface area contributed by atoms with Crippen molar-refractivity contribution in [2.24, 2.45) is 0 Å². The lowest BCUT2D eigenvalue weighted by molar-refractivity contribution is -0.277. The molecule has 0 radical (unpaired) electrons. The number of aliphatic hydroxyl groups is 4. The zero-order chi connectivity index (χ0) is 13.1. The highest BCUT2D eigenvalue weighted by molar-refractivity contribution is 5.21. The summed E-state index contributed by atoms with van der Waals surface area (Å²) in [4.78, 5) is 0. The van der Waals surface area contributed by atoms with Gasteiger partial charge in [0.15, 0.2) is 0 Å². The molecule has 4 N–H and O–H groups in total. The Morgan fingerprint density at radius 3 is 2.28 bits per heavy atom. The number of benzene rings is 1. The standard InChI is InChI=1S/C12H16O6/c13-6-8-9(14)10(15)11(16)12(18-8)17-7-4-2-1-3-5-7/h1-5,8-16H,6H2/t8-,9+,10+,11-,12-/m0/s1. The lowest BCUT2D eigenvalue weighted by Crippen LogP contribution is -2.60. The number of hydrogen-bond donors (Lipinski definition) is 4. The molecule has 0 unspecified atom stereocenters. The van der Waals surface area contributed by atoms with Gasteiger partial charge in [0, 0.05) is 0 Å². The van der Waals surface area contributed by atoms with Crippen LogP contribution in [0, 0.1) is 0 Å². The third-order valence-corrected chi connectivity index (χ3v) is 2.84. The van der Waals surface area contributed by atoms with Crippen molar-refractivity contribution >= 4 is 0 Å². The Hall–Kier alpha value is -1.18. The van der Waals surface area contributed by atoms with Gasteiger partial charge >= 0.3 is 0 Å². The molecule has 1 aromatic carbocycles. The average Bonchev–Trinajstić information content (AvgIpc) is 2.40. The lowest BCUT2D eigenvalue weighted by Gasteiger charge is -2.39. The zero-order valence-corrected chi connectivity index (χ0v) is 9.59. The summed E-state index contributed by atoms with van der Waals surface area (Å²) in [5, 5.41) is 37.9. The smallest absolute Gasteiger partial charge is 0.229 e. The third-order valence-electron chi connectivity index (χ3n) is 2.84. The number of ether oxygens (including phenoxy) is 2. The van der Waals surface area contributed by atoms with Gasteiger partial charge in [-0.25, -0.2) is 0 Å². The van der Waals surface area contributed by atoms with Crippen LogP contribution in [0.2, 0.25) is 0 Å². The van der Waals surface area contributed by atoms with E-state index in [1.165, 1.54) is 0 Å². The van der Waals surface area contributed by atoms with Gasteiger partial charge in [0.2, 0.25) is 6.29 Å². The predicted molar refractivity (Wildman–Crippen MR) is 60.8 cm³/mol. The van der Waals surface area contributed by atoms with Crippen LogP contribution in [0.15, 0.2) is 30.3 Å². The summed E-state index contributed by atoms with van der Waals surface area (Å²) in [7, 11) is 0. The normalized spacial score (nSPS) is 36.3. The molecule has 18 heavy (non-hydrogen) atoms. The SMILES string of the molecule is OC[C@@H]1O[C@H](Oc2ccccc2)[C@@H](O)[C@H](O)[C@@H]1O. The maximum Gasteiger partial charge on any atom is 0.229 e. The van der Waals surface area contributed by atoms with E-state index in [2.05, 4.69) is 0 Å². The molecule has 6 nitrogen and oxygen atoms in total. The van der Waals surface area contributed by atoms with Crippen LogP contribution in [-0.4, -0.2) is 57.7 Å². The van der Waals surface area contributed by atoms with Gasteiger partial charge in [0.25, 0.3) is 0 Å². The molecule has 1 heterocycles. The summed E-state index contributed by atoms with van der Waals surface area (Å²) >= 11 is 0. The van der Waals surface area contributed by atoms with E-state index in [1.54, 1.807) is 30.3 Å². The van der Waals surface area contributed by atoms with Crippen LogP contribution < -0.4 is 4.74 Å². The fourth-order valence-corrected chi connectivity index (χ4v) is 1.80. The van der Waals surface area contributed by atoms with E-state index >= 15 is 0 Å². The van der Waals surface area contributed by atoms with Crippen LogP contribution in [0.25, 0.3) is 0 Å². The number of rotatable bonds is 3. The highest BCUT2D eigenvalue weighted by Gasteiger charge is 2.44. The molecular weight excluding hydrogens is 240 g/mol. The largest absolute Gasteiger partial charge is 0.462 e. The number of para-hydroxylation sites is 1. The fraction of sp³-hybridized carbons (Fsp3) is 0.500. The zero-order valence-electron chi connectivity index (χ0n) is 9.59. The summed E-state index contributed by atoms with van der Waals surface area (Å²) in [6.07, 6.45) is -6.28. The minimum Gasteiger partial charge on any atom is -0.462 e. The maximum atomic E-state index is 9.74. The van der Waals surface area contributed by atoms with Crippen molar-refractivity contribution in [3.8, 4) is 5.75 Å². The Morgan fingerprint density at radius 2 is 1.67 bits per heavy atom. The third kappa shape index (κ3) is 2.63. The molecule has 1 aliphatic rings. The molecule has 0 aliphatic carbocycles. The molecule has 100 valence electrons. The highest BCUT2D eigenvalue weighted by Crippen LogP contribution is 2.23. The molecule has 1 aromatic rings. The minimum atomic E-state index is -1.43. The van der Waals surface area contributed by atoms with Crippen LogP contribution >= 0.6 is 0 Å². The van der Waals surface area contributed by atoms with Crippen LogP contribution in [0.5, 0.6) is 5.75 Å². The van der Waals surface area contributed by atoms with Crippen molar-refractivity contribution in [1.29, 1.82) is 0 Å². The average molecular weight is 256 g/mol. The van der Waals surface area contributed by atoms with Gasteiger partial charge in [-0.15, -0.1) is 0 Å². The summed E-state index contributed by atoms with van der Waals surface area (Å²) in [6, 6.07) is 8.64. The molecule has 2 rings (SSSR count). The van der Waals surface area contributed by atoms with Crippen molar-refractivity contribution in [2.75, 3.05) is 6.61 Å². The van der Waals surface area contributed by atoms with Gasteiger partial charge in [-0.2, -0.15) is 0 Å². The van der Waals surface area contributed by atoms with Crippen molar-refractivity contribution < 1.29 is 29.9 Å². The fourth-order valence-electron chi connectivity index (χ4n) is 1.80. The van der Waals surface area contributed by atoms with E-state index in [1.807, 2.05) is 0 Å². The molecule has 0 spiro atoms. The Kier molecular flexibility index (Phi) is 4.15. The molecule has 1 fully saturated rings. The first-order chi connectivity index (χ1) is 8.63. The quantitative estimate of drug-likeness (QED) is 0.546. The monoisotopic (exact) mass is 256 g/mol. The number of aliphatic hydroxyl groups excluding tert-OH is 4. The first-order valence-corrected chi connectivity index (χ1v) is 5.65. The van der Waals surface area contributed by atoms with Gasteiger partial charge in [0.05, 0.1) is 6.61 Å². The summed E-state index contributed by atoms with van der Waals surface area (Å²) in [6.45, 7) is -0.473. The van der Waals surface area contributed by atoms with Crippen LogP contribution in [0.3, 0.4) is 0 Å². The van der Waals surface area contributed by atoms with Gasteiger partial charge in [0.1, 0.15) is 30.2 Å². The molecule has 0 aromatic heterocycles. The van der Waals surface area contributed by atoms with E-state index < -0.39 is 37.3 Å². The summed E-state index contributed by atoms with van der Waals surface area (Å²) in [5.74, 6) is 0.460. The molecule has 5 atom stereocenters. The Balaban J connectivity index is 2.08. The molecule has 0 saturated carbocycles. The first-order valence-electron chi connectivity index (χ1n) is 5.65. The molecule has 0 bridgehead atoms. The van der Waals surface area contributed by atoms with Crippen molar-refractivity contribution in [3.05, 3.63) is 30.3 Å². The van der Waals surface area contributed by atoms with Gasteiger partial charge in [-0.1, -0.05) is 18.2 Å². The van der Waals surface area contributed by atoms with Crippen molar-refractivity contribution in [2.45, 2.75) is 30.7 Å². The number of hydrogen-bond acceptors (Lipinski definition) is 6. The molecule has 6 heteroatoms. The second-order valence-electron chi connectivity index (χ2n) is 4.13. The van der Waals surface area contributed by atoms with E-state index in [-0.39, 0.29) is 0 Å². The molecule has 1 saturated heterocycles. The van der Waals surface area contributed by atoms with E-state index in [0.29, 0.717) is 5.75 Å².